The summed E-state index contributed by atoms with van der Waals surface area (Å²) in [4.78, 5) is 12.9. The highest BCUT2D eigenvalue weighted by molar-refractivity contribution is 5.78. The van der Waals surface area contributed by atoms with E-state index >= 15 is 0 Å². The first kappa shape index (κ1) is 11.4. The fourth-order valence-electron chi connectivity index (χ4n) is 1.05. The molecule has 0 spiro atoms. The van der Waals surface area contributed by atoms with E-state index < -0.39 is 6.23 Å². The molecule has 0 saturated heterocycles. The first-order chi connectivity index (χ1) is 5.50. The van der Waals surface area contributed by atoms with Crippen LogP contribution in [0.3, 0.4) is 0 Å². The van der Waals surface area contributed by atoms with E-state index in [1.54, 1.807) is 6.92 Å². The monoisotopic (exact) mass is 173 g/mol. The molecule has 72 valence electrons. The third kappa shape index (κ3) is 3.22. The third-order valence-electron chi connectivity index (χ3n) is 1.69. The third-order valence-corrected chi connectivity index (χ3v) is 1.69. The maximum Gasteiger partial charge on any atom is 0.227 e. The summed E-state index contributed by atoms with van der Waals surface area (Å²) in [5.41, 5.74) is 0. The molecule has 0 heterocycles. The molecule has 0 aliphatic heterocycles. The van der Waals surface area contributed by atoms with Gasteiger partial charge in [0, 0.05) is 12.5 Å². The molecule has 1 atom stereocenters. The van der Waals surface area contributed by atoms with Gasteiger partial charge in [-0.2, -0.15) is 0 Å². The first-order valence-corrected chi connectivity index (χ1v) is 4.49. The molecule has 1 amide bonds. The average Bonchev–Trinajstić information content (AvgIpc) is 1.98. The summed E-state index contributed by atoms with van der Waals surface area (Å²) in [6.45, 7) is 7.92. The van der Waals surface area contributed by atoms with Crippen LogP contribution in [-0.2, 0) is 4.79 Å². The number of amides is 1. The molecule has 0 saturated carbocycles. The second-order valence-electron chi connectivity index (χ2n) is 3.32. The van der Waals surface area contributed by atoms with E-state index in [0.717, 1.165) is 6.42 Å². The van der Waals surface area contributed by atoms with Crippen LogP contribution in [0.4, 0.5) is 0 Å². The van der Waals surface area contributed by atoms with E-state index in [0.29, 0.717) is 6.54 Å². The van der Waals surface area contributed by atoms with Crippen LogP contribution in [0.2, 0.25) is 0 Å². The first-order valence-electron chi connectivity index (χ1n) is 4.49. The standard InChI is InChI=1S/C9H19NO2/c1-5-6-10(8(4)11)9(12)7(2)3/h7-8,11H,5-6H2,1-4H3. The fraction of sp³-hybridized carbons (Fsp3) is 0.889. The van der Waals surface area contributed by atoms with Crippen molar-refractivity contribution in [3.05, 3.63) is 0 Å². The Bertz CT molecular complexity index is 143. The molecule has 0 fully saturated rings. The molecule has 1 unspecified atom stereocenters. The lowest BCUT2D eigenvalue weighted by molar-refractivity contribution is -0.143. The van der Waals surface area contributed by atoms with Crippen molar-refractivity contribution < 1.29 is 9.90 Å². The number of hydrogen-bond donors (Lipinski definition) is 1. The van der Waals surface area contributed by atoms with Gasteiger partial charge in [-0.3, -0.25) is 4.79 Å². The largest absolute Gasteiger partial charge is 0.374 e. The Kier molecular flexibility index (Phi) is 4.90. The van der Waals surface area contributed by atoms with Gasteiger partial charge in [0.2, 0.25) is 5.91 Å². The van der Waals surface area contributed by atoms with Crippen LogP contribution in [-0.4, -0.2) is 28.7 Å². The van der Waals surface area contributed by atoms with Crippen LogP contribution in [0.15, 0.2) is 0 Å². The number of aliphatic hydroxyl groups is 1. The maximum absolute atomic E-state index is 11.4. The quantitative estimate of drug-likeness (QED) is 0.649. The van der Waals surface area contributed by atoms with Crippen LogP contribution < -0.4 is 0 Å². The molecule has 0 bridgehead atoms. The molecule has 0 aromatic heterocycles. The summed E-state index contributed by atoms with van der Waals surface area (Å²) in [6.07, 6.45) is 0.212. The van der Waals surface area contributed by atoms with Crippen LogP contribution in [0.5, 0.6) is 0 Å². The summed E-state index contributed by atoms with van der Waals surface area (Å²) >= 11 is 0. The smallest absolute Gasteiger partial charge is 0.227 e. The lowest BCUT2D eigenvalue weighted by atomic mass is 10.2. The minimum atomic E-state index is -0.667. The molecule has 3 nitrogen and oxygen atoms in total. The van der Waals surface area contributed by atoms with Crippen molar-refractivity contribution in [3.63, 3.8) is 0 Å². The highest BCUT2D eigenvalue weighted by atomic mass is 16.3. The minimum Gasteiger partial charge on any atom is -0.374 e. The molecule has 0 aliphatic carbocycles. The van der Waals surface area contributed by atoms with Gasteiger partial charge in [0.25, 0.3) is 0 Å². The van der Waals surface area contributed by atoms with E-state index in [-0.39, 0.29) is 11.8 Å². The number of carbonyl (C=O) groups excluding carboxylic acids is 1. The Morgan fingerprint density at radius 1 is 1.42 bits per heavy atom. The lowest BCUT2D eigenvalue weighted by Crippen LogP contribution is -2.41. The molecule has 0 rings (SSSR count). The van der Waals surface area contributed by atoms with Crippen molar-refractivity contribution in [3.8, 4) is 0 Å². The van der Waals surface area contributed by atoms with Gasteiger partial charge in [-0.1, -0.05) is 20.8 Å². The maximum atomic E-state index is 11.4. The lowest BCUT2D eigenvalue weighted by Gasteiger charge is -2.26. The second-order valence-corrected chi connectivity index (χ2v) is 3.32. The van der Waals surface area contributed by atoms with Gasteiger partial charge in [-0.05, 0) is 13.3 Å². The van der Waals surface area contributed by atoms with Crippen molar-refractivity contribution in [1.82, 2.24) is 4.90 Å². The Morgan fingerprint density at radius 3 is 2.17 bits per heavy atom. The Morgan fingerprint density at radius 2 is 1.92 bits per heavy atom. The molecule has 1 N–H and O–H groups in total. The number of nitrogens with zero attached hydrogens (tertiary/aromatic N) is 1. The molecule has 12 heavy (non-hydrogen) atoms. The zero-order chi connectivity index (χ0) is 9.72. The van der Waals surface area contributed by atoms with Crippen LogP contribution in [0, 0.1) is 5.92 Å². The topological polar surface area (TPSA) is 40.5 Å². The summed E-state index contributed by atoms with van der Waals surface area (Å²) < 4.78 is 0. The molecule has 0 aliphatic rings. The Balaban J connectivity index is 4.19. The van der Waals surface area contributed by atoms with Gasteiger partial charge in [-0.15, -0.1) is 0 Å². The predicted molar refractivity (Wildman–Crippen MR) is 48.5 cm³/mol. The van der Waals surface area contributed by atoms with Crippen LogP contribution in [0.1, 0.15) is 34.1 Å². The molecular formula is C9H19NO2. The molecule has 0 aromatic rings. The number of hydrogen-bond acceptors (Lipinski definition) is 2. The zero-order valence-electron chi connectivity index (χ0n) is 8.37. The van der Waals surface area contributed by atoms with Crippen molar-refractivity contribution in [2.24, 2.45) is 5.92 Å². The van der Waals surface area contributed by atoms with E-state index in [4.69, 9.17) is 0 Å². The van der Waals surface area contributed by atoms with Crippen molar-refractivity contribution in [1.29, 1.82) is 0 Å². The van der Waals surface area contributed by atoms with Crippen molar-refractivity contribution >= 4 is 5.91 Å². The SMILES string of the molecule is CCCN(C(=O)C(C)C)C(C)O. The minimum absolute atomic E-state index is 0.0202. The highest BCUT2D eigenvalue weighted by Gasteiger charge is 2.19. The molecular weight excluding hydrogens is 154 g/mol. The average molecular weight is 173 g/mol. The van der Waals surface area contributed by atoms with Gasteiger partial charge in [0.15, 0.2) is 0 Å². The fourth-order valence-corrected chi connectivity index (χ4v) is 1.05. The molecule has 3 heteroatoms. The van der Waals surface area contributed by atoms with Gasteiger partial charge >= 0.3 is 0 Å². The van der Waals surface area contributed by atoms with Gasteiger partial charge in [0.05, 0.1) is 0 Å². The van der Waals surface area contributed by atoms with E-state index in [9.17, 15) is 9.90 Å². The van der Waals surface area contributed by atoms with Crippen molar-refractivity contribution in [2.75, 3.05) is 6.54 Å². The zero-order valence-corrected chi connectivity index (χ0v) is 8.37. The van der Waals surface area contributed by atoms with Crippen LogP contribution >= 0.6 is 0 Å². The van der Waals surface area contributed by atoms with Crippen LogP contribution in [0.25, 0.3) is 0 Å². The normalized spacial score (nSPS) is 13.2. The highest BCUT2D eigenvalue weighted by Crippen LogP contribution is 2.05. The van der Waals surface area contributed by atoms with Gasteiger partial charge in [0.1, 0.15) is 6.23 Å². The van der Waals surface area contributed by atoms with Gasteiger partial charge in [-0.25, -0.2) is 0 Å². The van der Waals surface area contributed by atoms with E-state index in [2.05, 4.69) is 0 Å². The Hall–Kier alpha value is -0.570. The van der Waals surface area contributed by atoms with Gasteiger partial charge < -0.3 is 10.0 Å². The second kappa shape index (κ2) is 5.14. The summed E-state index contributed by atoms with van der Waals surface area (Å²) in [6, 6.07) is 0. The van der Waals surface area contributed by atoms with Crippen molar-refractivity contribution in [2.45, 2.75) is 40.3 Å². The predicted octanol–water partition coefficient (Wildman–Crippen LogP) is 1.22. The number of aliphatic hydroxyl groups excluding tert-OH is 1. The summed E-state index contributed by atoms with van der Waals surface area (Å²) in [5, 5.41) is 9.27. The summed E-state index contributed by atoms with van der Waals surface area (Å²) in [7, 11) is 0. The molecule has 0 aromatic carbocycles. The number of rotatable bonds is 4. The number of carbonyl (C=O) groups is 1. The Labute approximate surface area is 74.4 Å². The molecule has 0 radical (unpaired) electrons. The summed E-state index contributed by atoms with van der Waals surface area (Å²) in [5.74, 6) is -0.0157. The van der Waals surface area contributed by atoms with E-state index in [1.165, 1.54) is 4.90 Å². The van der Waals surface area contributed by atoms with E-state index in [1.807, 2.05) is 20.8 Å².